The Morgan fingerprint density at radius 2 is 1.84 bits per heavy atom. The Kier molecular flexibility index (Phi) is 7.82. The summed E-state index contributed by atoms with van der Waals surface area (Å²) < 4.78 is 6.39. The fourth-order valence-corrected chi connectivity index (χ4v) is 5.96. The normalized spacial score (nSPS) is 17.5. The van der Waals surface area contributed by atoms with Gasteiger partial charge in [-0.05, 0) is 61.2 Å². The molecule has 10 heteroatoms. The zero-order valence-electron chi connectivity index (χ0n) is 16.4. The molecule has 0 amide bonds. The second-order valence-electron chi connectivity index (χ2n) is 6.52. The molecule has 0 bridgehead atoms. The van der Waals surface area contributed by atoms with Crippen molar-refractivity contribution in [2.24, 2.45) is 5.73 Å². The first-order valence-corrected chi connectivity index (χ1v) is 12.3. The molecular formula is C21H20Cl2N4OS3. The predicted octanol–water partition coefficient (Wildman–Crippen LogP) is 7.23. The summed E-state index contributed by atoms with van der Waals surface area (Å²) in [5.74, 6) is 1.59. The number of nitrogens with zero attached hydrogens (tertiary/aromatic N) is 1. The van der Waals surface area contributed by atoms with Gasteiger partial charge in [-0.25, -0.2) is 4.98 Å². The number of hydrogen-bond acceptors (Lipinski definition) is 7. The molecule has 0 aliphatic carbocycles. The van der Waals surface area contributed by atoms with Crippen LogP contribution in [-0.4, -0.2) is 17.1 Å². The van der Waals surface area contributed by atoms with Gasteiger partial charge in [-0.2, -0.15) is 0 Å². The second kappa shape index (κ2) is 10.2. The first-order chi connectivity index (χ1) is 14.5. The Labute approximate surface area is 204 Å². The molecule has 1 aliphatic heterocycles. The van der Waals surface area contributed by atoms with E-state index in [0.717, 1.165) is 28.0 Å². The number of rotatable bonds is 7. The molecule has 1 aliphatic rings. The van der Waals surface area contributed by atoms with Crippen molar-refractivity contribution in [2.75, 3.05) is 11.6 Å². The van der Waals surface area contributed by atoms with E-state index >= 15 is 0 Å². The van der Waals surface area contributed by atoms with Crippen LogP contribution in [0.5, 0.6) is 11.5 Å². The predicted molar refractivity (Wildman–Crippen MR) is 138 cm³/mol. The molecule has 2 aromatic carbocycles. The molecule has 3 aromatic rings. The smallest absolute Gasteiger partial charge is 0.187 e. The van der Waals surface area contributed by atoms with Gasteiger partial charge in [0.1, 0.15) is 22.1 Å². The van der Waals surface area contributed by atoms with Gasteiger partial charge in [-0.1, -0.05) is 29.4 Å². The van der Waals surface area contributed by atoms with Gasteiger partial charge in [0.05, 0.1) is 5.69 Å². The minimum Gasteiger partial charge on any atom is -0.457 e. The number of amidine groups is 1. The van der Waals surface area contributed by atoms with E-state index in [0.29, 0.717) is 11.4 Å². The van der Waals surface area contributed by atoms with E-state index in [1.807, 2.05) is 48.0 Å². The summed E-state index contributed by atoms with van der Waals surface area (Å²) in [7, 11) is 0. The van der Waals surface area contributed by atoms with Crippen LogP contribution in [0.25, 0.3) is 0 Å². The summed E-state index contributed by atoms with van der Waals surface area (Å²) >= 11 is 10.7. The molecule has 0 radical (unpaired) electrons. The van der Waals surface area contributed by atoms with Crippen molar-refractivity contribution in [2.45, 2.75) is 11.2 Å². The van der Waals surface area contributed by atoms with Gasteiger partial charge in [0.25, 0.3) is 0 Å². The van der Waals surface area contributed by atoms with Crippen LogP contribution in [0.2, 0.25) is 5.02 Å². The number of anilines is 2. The highest BCUT2D eigenvalue weighted by molar-refractivity contribution is 8.22. The van der Waals surface area contributed by atoms with Crippen molar-refractivity contribution >= 4 is 75.5 Å². The van der Waals surface area contributed by atoms with Crippen molar-refractivity contribution in [1.82, 2.24) is 4.98 Å². The highest BCUT2D eigenvalue weighted by Gasteiger charge is 2.42. The molecular weight excluding hydrogens is 491 g/mol. The average molecular weight is 512 g/mol. The van der Waals surface area contributed by atoms with Crippen LogP contribution < -0.4 is 15.8 Å². The lowest BCUT2D eigenvalue weighted by Gasteiger charge is -2.25. The second-order valence-corrected chi connectivity index (χ2v) is 10.3. The average Bonchev–Trinajstić information content (AvgIpc) is 3.39. The van der Waals surface area contributed by atoms with Gasteiger partial charge >= 0.3 is 0 Å². The Balaban J connectivity index is 0.00000272. The summed E-state index contributed by atoms with van der Waals surface area (Å²) in [5.41, 5.74) is 7.69. The molecule has 1 aromatic heterocycles. The minimum absolute atomic E-state index is 0. The molecule has 0 saturated carbocycles. The topological polar surface area (TPSA) is 84.0 Å². The summed E-state index contributed by atoms with van der Waals surface area (Å²) in [6.07, 6.45) is 4.84. The number of benzene rings is 2. The van der Waals surface area contributed by atoms with Crippen LogP contribution in [0.4, 0.5) is 10.8 Å². The largest absolute Gasteiger partial charge is 0.457 e. The van der Waals surface area contributed by atoms with Crippen molar-refractivity contribution in [3.63, 3.8) is 0 Å². The lowest BCUT2D eigenvalue weighted by atomic mass is 10.0. The van der Waals surface area contributed by atoms with E-state index in [2.05, 4.69) is 11.4 Å². The molecule has 2 heterocycles. The number of nitrogens with two attached hydrogens (primary N) is 1. The zero-order valence-corrected chi connectivity index (χ0v) is 20.4. The van der Waals surface area contributed by atoms with E-state index in [4.69, 9.17) is 32.5 Å². The van der Waals surface area contributed by atoms with Gasteiger partial charge in [0.2, 0.25) is 0 Å². The van der Waals surface area contributed by atoms with Crippen molar-refractivity contribution in [1.29, 1.82) is 5.41 Å². The lowest BCUT2D eigenvalue weighted by molar-refractivity contribution is 0.483. The minimum atomic E-state index is -0.606. The number of hydrogen-bond donors (Lipinski definition) is 3. The van der Waals surface area contributed by atoms with Gasteiger partial charge in [0, 0.05) is 20.3 Å². The molecule has 4 rings (SSSR count). The number of thioether (sulfide) groups is 2. The molecule has 0 saturated heterocycles. The van der Waals surface area contributed by atoms with E-state index < -0.39 is 4.75 Å². The number of halogens is 2. The lowest BCUT2D eigenvalue weighted by Crippen LogP contribution is -2.36. The van der Waals surface area contributed by atoms with Crippen LogP contribution in [0.15, 0.2) is 64.2 Å². The van der Waals surface area contributed by atoms with Crippen molar-refractivity contribution in [3.05, 3.63) is 74.9 Å². The Morgan fingerprint density at radius 3 is 2.42 bits per heavy atom. The molecule has 1 unspecified atom stereocenters. The molecule has 31 heavy (non-hydrogen) atoms. The summed E-state index contributed by atoms with van der Waals surface area (Å²) in [6.45, 7) is 0. The van der Waals surface area contributed by atoms with Crippen molar-refractivity contribution < 1.29 is 4.74 Å². The summed E-state index contributed by atoms with van der Waals surface area (Å²) in [5, 5.41) is 14.9. The Morgan fingerprint density at radius 1 is 1.19 bits per heavy atom. The third-order valence-electron chi connectivity index (χ3n) is 4.54. The zero-order chi connectivity index (χ0) is 21.1. The number of aromatic nitrogens is 1. The third-order valence-corrected chi connectivity index (χ3v) is 8.18. The van der Waals surface area contributed by atoms with Gasteiger partial charge in [-0.15, -0.1) is 35.5 Å². The molecule has 1 atom stereocenters. The fourth-order valence-electron chi connectivity index (χ4n) is 2.95. The van der Waals surface area contributed by atoms with Gasteiger partial charge in [-0.3, -0.25) is 5.41 Å². The summed E-state index contributed by atoms with van der Waals surface area (Å²) in [4.78, 5) is 4.73. The standard InChI is InChI=1S/C21H19ClN4OS3.ClH/c1-28-18-10-11-21(30-18,19(23)24)17-12-29-20(26-17)25-14-4-8-16(9-5-14)27-15-6-2-13(22)3-7-15;/h2-10,12H,11H2,1H3,(H3,23,24)(H,25,26);1H. The molecule has 0 fully saturated rings. The molecule has 162 valence electrons. The van der Waals surface area contributed by atoms with E-state index in [1.54, 1.807) is 35.7 Å². The first-order valence-electron chi connectivity index (χ1n) is 9.03. The molecule has 4 N–H and O–H groups in total. The van der Waals surface area contributed by atoms with E-state index in [9.17, 15) is 0 Å². The van der Waals surface area contributed by atoms with Crippen LogP contribution in [0.3, 0.4) is 0 Å². The molecule has 0 spiro atoms. The van der Waals surface area contributed by atoms with Crippen LogP contribution in [-0.2, 0) is 4.75 Å². The third kappa shape index (κ3) is 5.32. The Bertz CT molecular complexity index is 1090. The Hall–Kier alpha value is -1.84. The monoisotopic (exact) mass is 510 g/mol. The highest BCUT2D eigenvalue weighted by Crippen LogP contribution is 2.52. The van der Waals surface area contributed by atoms with Crippen LogP contribution in [0.1, 0.15) is 12.1 Å². The number of ether oxygens (including phenoxy) is 1. The van der Waals surface area contributed by atoms with Crippen LogP contribution >= 0.6 is 58.9 Å². The van der Waals surface area contributed by atoms with E-state index in [1.165, 1.54) is 15.6 Å². The summed E-state index contributed by atoms with van der Waals surface area (Å²) in [6, 6.07) is 14.9. The fraction of sp³-hybridized carbons (Fsp3) is 0.143. The number of nitrogens with one attached hydrogen (secondary N) is 2. The van der Waals surface area contributed by atoms with Gasteiger partial charge in [0.15, 0.2) is 5.13 Å². The first kappa shape index (κ1) is 23.8. The van der Waals surface area contributed by atoms with Crippen LogP contribution in [0, 0.1) is 5.41 Å². The number of thiazole rings is 1. The molecule has 5 nitrogen and oxygen atoms in total. The van der Waals surface area contributed by atoms with Crippen molar-refractivity contribution in [3.8, 4) is 11.5 Å². The maximum absolute atomic E-state index is 8.14. The van der Waals surface area contributed by atoms with E-state index in [-0.39, 0.29) is 18.2 Å². The SMILES string of the molecule is CSC1=CCC(C(=N)N)(c2csc(Nc3ccc(Oc4ccc(Cl)cc4)cc3)n2)S1.Cl. The maximum Gasteiger partial charge on any atom is 0.187 e. The maximum atomic E-state index is 8.14. The van der Waals surface area contributed by atoms with Gasteiger partial charge < -0.3 is 15.8 Å². The highest BCUT2D eigenvalue weighted by atomic mass is 35.5. The quantitative estimate of drug-likeness (QED) is 0.229. The number of allylic oxidation sites excluding steroid dienone is 1.